The lowest BCUT2D eigenvalue weighted by atomic mass is 10.00. The number of aromatic nitrogens is 1. The van der Waals surface area contributed by atoms with Gasteiger partial charge in [0.15, 0.2) is 0 Å². The Hall–Kier alpha value is -0.680. The highest BCUT2D eigenvalue weighted by molar-refractivity contribution is 7.99. The van der Waals surface area contributed by atoms with Crippen LogP contribution in [0.3, 0.4) is 0 Å². The van der Waals surface area contributed by atoms with E-state index in [4.69, 9.17) is 0 Å². The summed E-state index contributed by atoms with van der Waals surface area (Å²) in [5, 5.41) is 0. The Kier molecular flexibility index (Phi) is 6.23. The zero-order valence-corrected chi connectivity index (χ0v) is 13.8. The third-order valence-electron chi connectivity index (χ3n) is 3.48. The van der Waals surface area contributed by atoms with E-state index in [9.17, 15) is 4.79 Å². The highest BCUT2D eigenvalue weighted by Crippen LogP contribution is 2.25. The lowest BCUT2D eigenvalue weighted by molar-refractivity contribution is 0.0675. The van der Waals surface area contributed by atoms with Crippen LogP contribution in [0, 0.1) is 5.92 Å². The number of rotatable bonds is 5. The molecule has 2 heterocycles. The largest absolute Gasteiger partial charge is 0.337 e. The smallest absolute Gasteiger partial charge is 0.273 e. The van der Waals surface area contributed by atoms with E-state index in [-0.39, 0.29) is 5.91 Å². The summed E-state index contributed by atoms with van der Waals surface area (Å²) < 4.78 is 0. The van der Waals surface area contributed by atoms with Crippen LogP contribution in [-0.4, -0.2) is 46.6 Å². The van der Waals surface area contributed by atoms with E-state index in [2.05, 4.69) is 18.2 Å². The molecule has 2 rings (SSSR count). The first kappa shape index (κ1) is 15.7. The Labute approximate surface area is 129 Å². The summed E-state index contributed by atoms with van der Waals surface area (Å²) in [5.74, 6) is 2.84. The molecule has 0 N–H and O–H groups in total. The first-order valence-electron chi connectivity index (χ1n) is 7.12. The number of thioether (sulfide) groups is 2. The minimum absolute atomic E-state index is 0.104. The molecule has 1 aromatic rings. The quantitative estimate of drug-likeness (QED) is 0.780. The minimum Gasteiger partial charge on any atom is -0.337 e. The topological polar surface area (TPSA) is 33.2 Å². The minimum atomic E-state index is 0.104. The molecule has 3 nitrogen and oxygen atoms in total. The van der Waals surface area contributed by atoms with E-state index < -0.39 is 0 Å². The summed E-state index contributed by atoms with van der Waals surface area (Å²) in [4.78, 5) is 20.0. The van der Waals surface area contributed by atoms with Crippen LogP contribution >= 0.6 is 23.5 Å². The molecular weight excluding hydrogens is 288 g/mol. The predicted molar refractivity (Wildman–Crippen MR) is 87.6 cm³/mol. The monoisotopic (exact) mass is 310 g/mol. The maximum atomic E-state index is 12.7. The zero-order valence-electron chi connectivity index (χ0n) is 12.2. The van der Waals surface area contributed by atoms with E-state index in [1.807, 2.05) is 28.8 Å². The van der Waals surface area contributed by atoms with Crippen LogP contribution in [0.2, 0.25) is 0 Å². The number of hydrogen-bond donors (Lipinski definition) is 0. The van der Waals surface area contributed by atoms with Gasteiger partial charge in [-0.25, -0.2) is 4.98 Å². The summed E-state index contributed by atoms with van der Waals surface area (Å²) >= 11 is 3.56. The second kappa shape index (κ2) is 7.93. The van der Waals surface area contributed by atoms with Crippen LogP contribution in [0.25, 0.3) is 0 Å². The average molecular weight is 310 g/mol. The van der Waals surface area contributed by atoms with Gasteiger partial charge in [-0.1, -0.05) is 6.92 Å². The lowest BCUT2D eigenvalue weighted by Crippen LogP contribution is -2.41. The van der Waals surface area contributed by atoms with Gasteiger partial charge in [-0.2, -0.15) is 11.8 Å². The van der Waals surface area contributed by atoms with Crippen molar-refractivity contribution in [3.05, 3.63) is 24.0 Å². The van der Waals surface area contributed by atoms with Crippen LogP contribution in [-0.2, 0) is 0 Å². The molecule has 1 fully saturated rings. The second-order valence-electron chi connectivity index (χ2n) is 5.00. The summed E-state index contributed by atoms with van der Waals surface area (Å²) in [7, 11) is 0. The van der Waals surface area contributed by atoms with Gasteiger partial charge in [0.1, 0.15) is 5.69 Å². The fourth-order valence-electron chi connectivity index (χ4n) is 2.59. The van der Waals surface area contributed by atoms with E-state index in [0.717, 1.165) is 35.9 Å². The van der Waals surface area contributed by atoms with Crippen molar-refractivity contribution in [1.29, 1.82) is 0 Å². The van der Waals surface area contributed by atoms with Gasteiger partial charge in [-0.05, 0) is 48.7 Å². The third-order valence-corrected chi connectivity index (χ3v) is 5.22. The van der Waals surface area contributed by atoms with Gasteiger partial charge in [-0.15, -0.1) is 11.8 Å². The number of likely N-dealkylation sites (tertiary alicyclic amines) is 1. The molecule has 1 aromatic heterocycles. The fourth-order valence-corrected chi connectivity index (χ4v) is 4.10. The van der Waals surface area contributed by atoms with Gasteiger partial charge >= 0.3 is 0 Å². The molecule has 1 unspecified atom stereocenters. The zero-order chi connectivity index (χ0) is 14.4. The standard InChI is InChI=1S/C15H22N2OS2/c1-3-20-13-7-4-8-16-14(13)15(18)17-9-5-6-12(10-17)11-19-2/h4,7-8,12H,3,5-6,9-11H2,1-2H3. The van der Waals surface area contributed by atoms with Gasteiger partial charge in [0.05, 0.1) is 0 Å². The molecule has 0 spiro atoms. The number of hydrogen-bond acceptors (Lipinski definition) is 4. The Bertz CT molecular complexity index is 451. The Morgan fingerprint density at radius 3 is 3.15 bits per heavy atom. The maximum Gasteiger partial charge on any atom is 0.273 e. The Morgan fingerprint density at radius 1 is 1.55 bits per heavy atom. The van der Waals surface area contributed by atoms with Gasteiger partial charge in [0.2, 0.25) is 0 Å². The summed E-state index contributed by atoms with van der Waals surface area (Å²) in [6.45, 7) is 3.85. The molecule has 5 heteroatoms. The molecule has 0 radical (unpaired) electrons. The van der Waals surface area contributed by atoms with Crippen LogP contribution in [0.15, 0.2) is 23.2 Å². The van der Waals surface area contributed by atoms with Crippen molar-refractivity contribution in [3.63, 3.8) is 0 Å². The molecule has 1 atom stereocenters. The SMILES string of the molecule is CCSc1cccnc1C(=O)N1CCCC(CSC)C1. The molecule has 1 saturated heterocycles. The van der Waals surface area contributed by atoms with Crippen molar-refractivity contribution in [2.45, 2.75) is 24.7 Å². The van der Waals surface area contributed by atoms with E-state index >= 15 is 0 Å². The van der Waals surface area contributed by atoms with Crippen molar-refractivity contribution in [2.24, 2.45) is 5.92 Å². The highest BCUT2D eigenvalue weighted by atomic mass is 32.2. The number of carbonyl (C=O) groups excluding carboxylic acids is 1. The molecular formula is C15H22N2OS2. The highest BCUT2D eigenvalue weighted by Gasteiger charge is 2.26. The van der Waals surface area contributed by atoms with Crippen LogP contribution < -0.4 is 0 Å². The first-order chi connectivity index (χ1) is 9.76. The predicted octanol–water partition coefficient (Wildman–Crippen LogP) is 3.41. The van der Waals surface area contributed by atoms with Crippen molar-refractivity contribution >= 4 is 29.4 Å². The average Bonchev–Trinajstić information content (AvgIpc) is 2.48. The lowest BCUT2D eigenvalue weighted by Gasteiger charge is -2.32. The normalized spacial score (nSPS) is 19.1. The fraction of sp³-hybridized carbons (Fsp3) is 0.600. The molecule has 0 aromatic carbocycles. The summed E-state index contributed by atoms with van der Waals surface area (Å²) in [6, 6.07) is 3.90. The number of piperidine rings is 1. The van der Waals surface area contributed by atoms with Crippen molar-refractivity contribution in [3.8, 4) is 0 Å². The summed E-state index contributed by atoms with van der Waals surface area (Å²) in [5.41, 5.74) is 0.629. The van der Waals surface area contributed by atoms with Gasteiger partial charge in [0, 0.05) is 24.2 Å². The van der Waals surface area contributed by atoms with Gasteiger partial charge in [0.25, 0.3) is 5.91 Å². The van der Waals surface area contributed by atoms with Crippen LogP contribution in [0.1, 0.15) is 30.3 Å². The molecule has 20 heavy (non-hydrogen) atoms. The van der Waals surface area contributed by atoms with Crippen molar-refractivity contribution < 1.29 is 4.79 Å². The number of pyridine rings is 1. The second-order valence-corrected chi connectivity index (χ2v) is 7.21. The van der Waals surface area contributed by atoms with Gasteiger partial charge < -0.3 is 4.90 Å². The molecule has 0 saturated carbocycles. The molecule has 0 aliphatic carbocycles. The molecule has 0 bridgehead atoms. The molecule has 1 amide bonds. The number of carbonyl (C=O) groups is 1. The summed E-state index contributed by atoms with van der Waals surface area (Å²) in [6.07, 6.45) is 6.20. The molecule has 1 aliphatic heterocycles. The number of nitrogens with zero attached hydrogens (tertiary/aromatic N) is 2. The van der Waals surface area contributed by atoms with Crippen molar-refractivity contribution in [1.82, 2.24) is 9.88 Å². The van der Waals surface area contributed by atoms with Gasteiger partial charge in [-0.3, -0.25) is 4.79 Å². The van der Waals surface area contributed by atoms with E-state index in [1.165, 1.54) is 6.42 Å². The van der Waals surface area contributed by atoms with Crippen molar-refractivity contribution in [2.75, 3.05) is 30.9 Å². The first-order valence-corrected chi connectivity index (χ1v) is 9.50. The van der Waals surface area contributed by atoms with E-state index in [1.54, 1.807) is 18.0 Å². The number of amides is 1. The van der Waals surface area contributed by atoms with Crippen LogP contribution in [0.4, 0.5) is 0 Å². The van der Waals surface area contributed by atoms with E-state index in [0.29, 0.717) is 11.6 Å². The molecule has 1 aliphatic rings. The Morgan fingerprint density at radius 2 is 2.40 bits per heavy atom. The molecule has 110 valence electrons. The Balaban J connectivity index is 2.10. The third kappa shape index (κ3) is 3.92. The van der Waals surface area contributed by atoms with Crippen LogP contribution in [0.5, 0.6) is 0 Å². The maximum absolute atomic E-state index is 12.7.